The number of aromatic nitrogens is 5. The average Bonchev–Trinajstić information content (AvgIpc) is 2.89. The molecule has 0 amide bonds. The van der Waals surface area contributed by atoms with Crippen LogP contribution in [0.5, 0.6) is 0 Å². The minimum Gasteiger partial charge on any atom is -0.368 e. The first kappa shape index (κ1) is 13.7. The van der Waals surface area contributed by atoms with Gasteiger partial charge < -0.3 is 10.6 Å². The van der Waals surface area contributed by atoms with Gasteiger partial charge in [0.05, 0.1) is 11.5 Å². The molecule has 1 saturated heterocycles. The van der Waals surface area contributed by atoms with E-state index in [1.165, 1.54) is 0 Å². The van der Waals surface area contributed by atoms with Crippen molar-refractivity contribution in [2.75, 3.05) is 35.2 Å². The highest BCUT2D eigenvalue weighted by Gasteiger charge is 2.21. The van der Waals surface area contributed by atoms with Gasteiger partial charge in [-0.15, -0.1) is 0 Å². The van der Waals surface area contributed by atoms with Crippen molar-refractivity contribution in [1.82, 2.24) is 24.5 Å². The summed E-state index contributed by atoms with van der Waals surface area (Å²) in [5, 5.41) is 0. The summed E-state index contributed by atoms with van der Waals surface area (Å²) in [7, 11) is -2.98. The number of nitrogens with two attached hydrogens (primary N) is 1. The minimum atomic E-state index is -2.98. The van der Waals surface area contributed by atoms with Gasteiger partial charge in [0.2, 0.25) is 17.8 Å². The number of nitrogens with zero attached hydrogens (tertiary/aromatic N) is 6. The molecule has 2 N–H and O–H groups in total. The second kappa shape index (κ2) is 5.28. The van der Waals surface area contributed by atoms with Crippen LogP contribution in [0, 0.1) is 0 Å². The Hall–Kier alpha value is -2.23. The second-order valence-electron chi connectivity index (χ2n) is 4.76. The van der Waals surface area contributed by atoms with Gasteiger partial charge in [0, 0.05) is 25.5 Å². The van der Waals surface area contributed by atoms with Crippen LogP contribution in [0.15, 0.2) is 18.7 Å². The lowest BCUT2D eigenvalue weighted by Crippen LogP contribution is -2.29. The lowest BCUT2D eigenvalue weighted by molar-refractivity contribution is 0.597. The van der Waals surface area contributed by atoms with Crippen molar-refractivity contribution in [1.29, 1.82) is 0 Å². The van der Waals surface area contributed by atoms with Crippen LogP contribution in [-0.4, -0.2) is 57.5 Å². The zero-order valence-electron chi connectivity index (χ0n) is 11.3. The molecule has 0 bridgehead atoms. The van der Waals surface area contributed by atoms with Crippen molar-refractivity contribution >= 4 is 21.7 Å². The molecular weight excluding hydrogens is 294 g/mol. The topological polar surface area (TPSA) is 120 Å². The molecule has 2 aromatic heterocycles. The van der Waals surface area contributed by atoms with Crippen LogP contribution in [-0.2, 0) is 9.84 Å². The third kappa shape index (κ3) is 3.10. The Kier molecular flexibility index (Phi) is 3.45. The molecule has 10 heteroatoms. The molecule has 3 rings (SSSR count). The van der Waals surface area contributed by atoms with Gasteiger partial charge in [0.15, 0.2) is 9.84 Å². The van der Waals surface area contributed by atoms with Crippen LogP contribution in [0.3, 0.4) is 0 Å². The number of imidazole rings is 1. The lowest BCUT2D eigenvalue weighted by Gasteiger charge is -2.19. The van der Waals surface area contributed by atoms with Crippen LogP contribution in [0.2, 0.25) is 0 Å². The fourth-order valence-corrected chi connectivity index (χ4v) is 3.41. The molecule has 0 atom stereocenters. The summed E-state index contributed by atoms with van der Waals surface area (Å²) < 4.78 is 24.9. The molecule has 1 fully saturated rings. The maximum absolute atomic E-state index is 11.7. The minimum absolute atomic E-state index is 0.0933. The van der Waals surface area contributed by atoms with Gasteiger partial charge in [0.1, 0.15) is 6.33 Å². The molecule has 0 saturated carbocycles. The number of hydrogen-bond donors (Lipinski definition) is 1. The molecule has 1 aliphatic heterocycles. The molecule has 9 nitrogen and oxygen atoms in total. The summed E-state index contributed by atoms with van der Waals surface area (Å²) in [4.78, 5) is 18.3. The van der Waals surface area contributed by atoms with Crippen LogP contribution in [0.25, 0.3) is 5.95 Å². The number of rotatable bonds is 2. The lowest BCUT2D eigenvalue weighted by atomic mass is 10.4. The van der Waals surface area contributed by atoms with Crippen molar-refractivity contribution in [3.8, 4) is 5.95 Å². The molecule has 1 aliphatic rings. The molecule has 0 spiro atoms. The molecule has 2 aromatic rings. The van der Waals surface area contributed by atoms with Gasteiger partial charge in [0.25, 0.3) is 0 Å². The predicted octanol–water partition coefficient (Wildman–Crippen LogP) is -0.736. The Morgan fingerprint density at radius 2 is 1.90 bits per heavy atom. The normalized spacial score (nSPS) is 18.4. The van der Waals surface area contributed by atoms with E-state index >= 15 is 0 Å². The Balaban J connectivity index is 1.92. The second-order valence-corrected chi connectivity index (χ2v) is 7.06. The summed E-state index contributed by atoms with van der Waals surface area (Å²) in [6.07, 6.45) is 5.42. The summed E-state index contributed by atoms with van der Waals surface area (Å²) >= 11 is 0. The van der Waals surface area contributed by atoms with E-state index in [1.807, 2.05) is 4.90 Å². The molecular formula is C11H15N7O2S. The van der Waals surface area contributed by atoms with E-state index in [0.29, 0.717) is 31.4 Å². The molecule has 3 heterocycles. The number of hydrogen-bond acceptors (Lipinski definition) is 8. The number of nitrogen functional groups attached to an aromatic ring is 1. The monoisotopic (exact) mass is 309 g/mol. The van der Waals surface area contributed by atoms with Crippen LogP contribution < -0.4 is 10.6 Å². The highest BCUT2D eigenvalue weighted by molar-refractivity contribution is 7.91. The van der Waals surface area contributed by atoms with E-state index in [4.69, 9.17) is 5.73 Å². The molecule has 0 radical (unpaired) electrons. The molecule has 0 aromatic carbocycles. The van der Waals surface area contributed by atoms with E-state index in [1.54, 1.807) is 23.3 Å². The Labute approximate surface area is 121 Å². The standard InChI is InChI=1S/C11H15N7O2S/c12-9-14-10(16-11(15-9)18-4-2-13-8-18)17-3-1-6-21(19,20)7-5-17/h2,4,8H,1,3,5-7H2,(H2,12,14,15,16). The van der Waals surface area contributed by atoms with Gasteiger partial charge in [-0.25, -0.2) is 13.4 Å². The average molecular weight is 309 g/mol. The summed E-state index contributed by atoms with van der Waals surface area (Å²) in [5.74, 6) is 1.14. The maximum Gasteiger partial charge on any atom is 0.241 e. The van der Waals surface area contributed by atoms with Crippen molar-refractivity contribution in [3.63, 3.8) is 0 Å². The molecule has 112 valence electrons. The summed E-state index contributed by atoms with van der Waals surface area (Å²) in [5.41, 5.74) is 5.72. The third-order valence-electron chi connectivity index (χ3n) is 3.20. The van der Waals surface area contributed by atoms with E-state index < -0.39 is 9.84 Å². The van der Waals surface area contributed by atoms with E-state index in [2.05, 4.69) is 19.9 Å². The van der Waals surface area contributed by atoms with Crippen LogP contribution >= 0.6 is 0 Å². The fourth-order valence-electron chi connectivity index (χ4n) is 2.14. The van der Waals surface area contributed by atoms with Gasteiger partial charge in [-0.1, -0.05) is 0 Å². The van der Waals surface area contributed by atoms with E-state index in [9.17, 15) is 8.42 Å². The quantitative estimate of drug-likeness (QED) is 0.770. The molecule has 0 aliphatic carbocycles. The van der Waals surface area contributed by atoms with Gasteiger partial charge in [-0.3, -0.25) is 4.57 Å². The van der Waals surface area contributed by atoms with Crippen molar-refractivity contribution < 1.29 is 8.42 Å². The first-order chi connectivity index (χ1) is 10.0. The van der Waals surface area contributed by atoms with E-state index in [-0.39, 0.29) is 17.5 Å². The maximum atomic E-state index is 11.7. The van der Waals surface area contributed by atoms with Crippen molar-refractivity contribution in [2.24, 2.45) is 0 Å². The Morgan fingerprint density at radius 1 is 1.10 bits per heavy atom. The van der Waals surface area contributed by atoms with E-state index in [0.717, 1.165) is 0 Å². The smallest absolute Gasteiger partial charge is 0.241 e. The highest BCUT2D eigenvalue weighted by Crippen LogP contribution is 2.15. The highest BCUT2D eigenvalue weighted by atomic mass is 32.2. The Bertz CT molecular complexity index is 729. The first-order valence-corrected chi connectivity index (χ1v) is 8.31. The summed E-state index contributed by atoms with van der Waals surface area (Å²) in [6.45, 7) is 0.932. The van der Waals surface area contributed by atoms with Crippen LogP contribution in [0.4, 0.5) is 11.9 Å². The van der Waals surface area contributed by atoms with Gasteiger partial charge in [-0.2, -0.15) is 15.0 Å². The molecule has 21 heavy (non-hydrogen) atoms. The number of sulfone groups is 1. The van der Waals surface area contributed by atoms with Crippen LogP contribution in [0.1, 0.15) is 6.42 Å². The zero-order valence-corrected chi connectivity index (χ0v) is 12.1. The Morgan fingerprint density at radius 3 is 2.67 bits per heavy atom. The fraction of sp³-hybridized carbons (Fsp3) is 0.455. The summed E-state index contributed by atoms with van der Waals surface area (Å²) in [6, 6.07) is 0. The van der Waals surface area contributed by atoms with Gasteiger partial charge >= 0.3 is 0 Å². The first-order valence-electron chi connectivity index (χ1n) is 6.49. The SMILES string of the molecule is Nc1nc(N2CCCS(=O)(=O)CC2)nc(-n2ccnc2)n1. The number of anilines is 2. The van der Waals surface area contributed by atoms with Crippen molar-refractivity contribution in [3.05, 3.63) is 18.7 Å². The zero-order chi connectivity index (χ0) is 14.9. The predicted molar refractivity (Wildman–Crippen MR) is 76.8 cm³/mol. The largest absolute Gasteiger partial charge is 0.368 e. The third-order valence-corrected chi connectivity index (χ3v) is 4.92. The van der Waals surface area contributed by atoms with Crippen molar-refractivity contribution in [2.45, 2.75) is 6.42 Å². The van der Waals surface area contributed by atoms with Gasteiger partial charge in [-0.05, 0) is 6.42 Å². The molecule has 0 unspecified atom stereocenters.